The first kappa shape index (κ1) is 19.5. The highest BCUT2D eigenvalue weighted by molar-refractivity contribution is 6.31. The van der Waals surface area contributed by atoms with E-state index in [-0.39, 0.29) is 29.1 Å². The topological polar surface area (TPSA) is 58.6 Å². The summed E-state index contributed by atoms with van der Waals surface area (Å²) < 4.78 is 19.2. The highest BCUT2D eigenvalue weighted by Gasteiger charge is 2.36. The zero-order valence-corrected chi connectivity index (χ0v) is 15.7. The second-order valence-corrected chi connectivity index (χ2v) is 7.67. The van der Waals surface area contributed by atoms with E-state index >= 15 is 0 Å². The largest absolute Gasteiger partial charge is 0.444 e. The molecule has 2 amide bonds. The van der Waals surface area contributed by atoms with Gasteiger partial charge in [0.05, 0.1) is 6.54 Å². The molecule has 1 aliphatic carbocycles. The number of benzene rings is 1. The van der Waals surface area contributed by atoms with Crippen molar-refractivity contribution in [2.75, 3.05) is 0 Å². The van der Waals surface area contributed by atoms with Crippen molar-refractivity contribution in [1.82, 2.24) is 10.2 Å². The highest BCUT2D eigenvalue weighted by Crippen LogP contribution is 2.31. The van der Waals surface area contributed by atoms with Crippen LogP contribution in [0.2, 0.25) is 5.02 Å². The highest BCUT2D eigenvalue weighted by atomic mass is 35.5. The van der Waals surface area contributed by atoms with E-state index in [1.54, 1.807) is 38.7 Å². The molecule has 0 radical (unpaired) electrons. The van der Waals surface area contributed by atoms with E-state index in [0.29, 0.717) is 0 Å². The summed E-state index contributed by atoms with van der Waals surface area (Å²) in [5.41, 5.74) is -0.363. The zero-order valence-electron chi connectivity index (χ0n) is 14.9. The predicted molar refractivity (Wildman–Crippen MR) is 93.8 cm³/mol. The van der Waals surface area contributed by atoms with Crippen LogP contribution in [0, 0.1) is 5.82 Å². The Balaban J connectivity index is 2.07. The molecule has 1 N–H and O–H groups in total. The monoisotopic (exact) mass is 370 g/mol. The molecule has 0 aromatic heterocycles. The fraction of sp³-hybridized carbons (Fsp3) is 0.556. The van der Waals surface area contributed by atoms with E-state index < -0.39 is 23.6 Å². The Morgan fingerprint density at radius 2 is 2.04 bits per heavy atom. The second kappa shape index (κ2) is 7.60. The maximum absolute atomic E-state index is 14.0. The predicted octanol–water partition coefficient (Wildman–Crippen LogP) is 3.88. The number of alkyl carbamates (subject to hydrolysis) is 1. The quantitative estimate of drug-likeness (QED) is 0.855. The Kier molecular flexibility index (Phi) is 5.93. The van der Waals surface area contributed by atoms with Gasteiger partial charge in [0.1, 0.15) is 17.5 Å². The van der Waals surface area contributed by atoms with Crippen LogP contribution in [0.15, 0.2) is 18.2 Å². The van der Waals surface area contributed by atoms with Crippen molar-refractivity contribution in [3.63, 3.8) is 0 Å². The molecule has 25 heavy (non-hydrogen) atoms. The number of halogens is 2. The van der Waals surface area contributed by atoms with Crippen LogP contribution < -0.4 is 5.32 Å². The Hall–Kier alpha value is -1.82. The number of carbonyl (C=O) groups excluding carboxylic acids is 2. The van der Waals surface area contributed by atoms with Gasteiger partial charge in [0.25, 0.3) is 0 Å². The number of nitrogens with zero attached hydrogens (tertiary/aromatic N) is 1. The lowest BCUT2D eigenvalue weighted by Gasteiger charge is -2.27. The molecule has 1 atom stereocenters. The third kappa shape index (κ3) is 5.59. The van der Waals surface area contributed by atoms with E-state index in [2.05, 4.69) is 5.32 Å². The Morgan fingerprint density at radius 3 is 2.56 bits per heavy atom. The summed E-state index contributed by atoms with van der Waals surface area (Å²) in [6.07, 6.45) is 1.06. The van der Waals surface area contributed by atoms with Gasteiger partial charge in [0, 0.05) is 16.6 Å². The molecule has 1 saturated carbocycles. The first-order chi connectivity index (χ1) is 11.6. The molecular weight excluding hydrogens is 347 g/mol. The number of amides is 2. The molecule has 1 aliphatic rings. The number of hydrogen-bond donors (Lipinski definition) is 1. The maximum atomic E-state index is 14.0. The van der Waals surface area contributed by atoms with Gasteiger partial charge in [0.2, 0.25) is 5.91 Å². The van der Waals surface area contributed by atoms with Crippen molar-refractivity contribution in [3.05, 3.63) is 34.6 Å². The van der Waals surface area contributed by atoms with Gasteiger partial charge in [-0.1, -0.05) is 17.7 Å². The van der Waals surface area contributed by atoms with E-state index in [1.807, 2.05) is 0 Å². The van der Waals surface area contributed by atoms with Gasteiger partial charge in [-0.15, -0.1) is 0 Å². The van der Waals surface area contributed by atoms with Gasteiger partial charge in [-0.05, 0) is 52.7 Å². The lowest BCUT2D eigenvalue weighted by molar-refractivity contribution is -0.134. The summed E-state index contributed by atoms with van der Waals surface area (Å²) in [5.74, 6) is -0.730. The molecule has 0 heterocycles. The molecule has 0 aliphatic heterocycles. The Morgan fingerprint density at radius 1 is 1.40 bits per heavy atom. The van der Waals surface area contributed by atoms with E-state index in [9.17, 15) is 14.0 Å². The van der Waals surface area contributed by atoms with Crippen LogP contribution in [-0.2, 0) is 16.1 Å². The van der Waals surface area contributed by atoms with Crippen LogP contribution in [0.5, 0.6) is 0 Å². The first-order valence-electron chi connectivity index (χ1n) is 8.31. The molecule has 7 heteroatoms. The summed E-state index contributed by atoms with van der Waals surface area (Å²) in [5, 5.41) is 2.82. The lowest BCUT2D eigenvalue weighted by atomic mass is 10.1. The third-order valence-corrected chi connectivity index (χ3v) is 4.12. The van der Waals surface area contributed by atoms with Crippen molar-refractivity contribution in [2.45, 2.75) is 64.8 Å². The first-order valence-corrected chi connectivity index (χ1v) is 8.69. The van der Waals surface area contributed by atoms with Crippen molar-refractivity contribution >= 4 is 23.6 Å². The SMILES string of the molecule is CC(NC(=O)OC(C)(C)C)C(=O)N(Cc1c(F)cccc1Cl)C1CC1. The van der Waals surface area contributed by atoms with Gasteiger partial charge in [-0.2, -0.15) is 0 Å². The zero-order chi connectivity index (χ0) is 18.8. The normalized spacial score (nSPS) is 15.4. The van der Waals surface area contributed by atoms with Crippen molar-refractivity contribution in [2.24, 2.45) is 0 Å². The molecule has 5 nitrogen and oxygen atoms in total. The summed E-state index contributed by atoms with van der Waals surface area (Å²) in [7, 11) is 0. The van der Waals surface area contributed by atoms with E-state index in [0.717, 1.165) is 12.8 Å². The van der Waals surface area contributed by atoms with Gasteiger partial charge >= 0.3 is 6.09 Å². The third-order valence-electron chi connectivity index (χ3n) is 3.76. The van der Waals surface area contributed by atoms with E-state index in [4.69, 9.17) is 16.3 Å². The number of hydrogen-bond acceptors (Lipinski definition) is 3. The molecule has 138 valence electrons. The molecule has 0 bridgehead atoms. The van der Waals surface area contributed by atoms with Crippen molar-refractivity contribution in [3.8, 4) is 0 Å². The fourth-order valence-electron chi connectivity index (χ4n) is 2.42. The number of ether oxygens (including phenoxy) is 1. The van der Waals surface area contributed by atoms with Crippen LogP contribution in [0.25, 0.3) is 0 Å². The molecule has 1 aromatic rings. The Bertz CT molecular complexity index is 636. The summed E-state index contributed by atoms with van der Waals surface area (Å²) in [4.78, 5) is 26.2. The molecule has 0 saturated heterocycles. The number of carbonyl (C=O) groups is 2. The van der Waals surface area contributed by atoms with Gasteiger partial charge in [-0.25, -0.2) is 9.18 Å². The minimum absolute atomic E-state index is 0.0473. The summed E-state index contributed by atoms with van der Waals surface area (Å²) >= 11 is 6.07. The minimum Gasteiger partial charge on any atom is -0.444 e. The van der Waals surface area contributed by atoms with Gasteiger partial charge in [0.15, 0.2) is 0 Å². The molecule has 0 spiro atoms. The van der Waals surface area contributed by atoms with Crippen LogP contribution in [-0.4, -0.2) is 34.6 Å². The van der Waals surface area contributed by atoms with Crippen LogP contribution in [0.3, 0.4) is 0 Å². The molecule has 1 fully saturated rings. The molecular formula is C18H24ClFN2O3. The minimum atomic E-state index is -0.777. The van der Waals surface area contributed by atoms with Crippen LogP contribution >= 0.6 is 11.6 Å². The number of rotatable bonds is 5. The molecule has 1 aromatic carbocycles. The molecule has 1 unspecified atom stereocenters. The standard InChI is InChI=1S/C18H24ClFN2O3/c1-11(21-17(24)25-18(2,3)4)16(23)22(12-8-9-12)10-13-14(19)6-5-7-15(13)20/h5-7,11-12H,8-10H2,1-4H3,(H,21,24). The summed E-state index contributed by atoms with van der Waals surface area (Å²) in [6.45, 7) is 6.90. The number of nitrogens with one attached hydrogen (secondary N) is 1. The second-order valence-electron chi connectivity index (χ2n) is 7.27. The van der Waals surface area contributed by atoms with Gasteiger partial charge in [-0.3, -0.25) is 4.79 Å². The van der Waals surface area contributed by atoms with Crippen molar-refractivity contribution in [1.29, 1.82) is 0 Å². The Labute approximate surface area is 152 Å². The smallest absolute Gasteiger partial charge is 0.408 e. The van der Waals surface area contributed by atoms with E-state index in [1.165, 1.54) is 12.1 Å². The van der Waals surface area contributed by atoms with Crippen LogP contribution in [0.4, 0.5) is 9.18 Å². The fourth-order valence-corrected chi connectivity index (χ4v) is 2.64. The van der Waals surface area contributed by atoms with Crippen molar-refractivity contribution < 1.29 is 18.7 Å². The summed E-state index contributed by atoms with van der Waals surface area (Å²) in [6, 6.07) is 3.71. The lowest BCUT2D eigenvalue weighted by Crippen LogP contribution is -2.48. The van der Waals surface area contributed by atoms with Crippen LogP contribution in [0.1, 0.15) is 46.1 Å². The molecule has 2 rings (SSSR count). The average molecular weight is 371 g/mol. The average Bonchev–Trinajstić information content (AvgIpc) is 3.28. The van der Waals surface area contributed by atoms with Gasteiger partial charge < -0.3 is 15.0 Å². The maximum Gasteiger partial charge on any atom is 0.408 e.